The van der Waals surface area contributed by atoms with Gasteiger partial charge in [0.05, 0.1) is 15.1 Å². The zero-order valence-corrected chi connectivity index (χ0v) is 26.3. The fourth-order valence-electron chi connectivity index (χ4n) is 5.42. The van der Waals surface area contributed by atoms with Gasteiger partial charge in [-0.05, 0) is 78.2 Å². The maximum absolute atomic E-state index is 13.5. The Balaban J connectivity index is 1.15. The number of hydrogen-bond acceptors (Lipinski definition) is 7. The van der Waals surface area contributed by atoms with Gasteiger partial charge >= 0.3 is 0 Å². The first-order chi connectivity index (χ1) is 21.8. The van der Waals surface area contributed by atoms with Gasteiger partial charge in [-0.15, -0.1) is 22.7 Å². The molecule has 0 unspecified atom stereocenters. The van der Waals surface area contributed by atoms with E-state index in [1.54, 1.807) is 34.8 Å². The number of amides is 1. The number of nitrogens with zero attached hydrogens (tertiary/aromatic N) is 2. The molecule has 7 nitrogen and oxygen atoms in total. The van der Waals surface area contributed by atoms with Crippen LogP contribution in [0.5, 0.6) is 0 Å². The van der Waals surface area contributed by atoms with Gasteiger partial charge < -0.3 is 5.32 Å². The van der Waals surface area contributed by atoms with Gasteiger partial charge in [0.2, 0.25) is 0 Å². The topological polar surface area (TPSA) is 91.4 Å². The summed E-state index contributed by atoms with van der Waals surface area (Å²) in [7, 11) is -3.91. The van der Waals surface area contributed by atoms with Gasteiger partial charge in [-0.3, -0.25) is 14.4 Å². The number of aromatic nitrogens is 1. The second-order valence-electron chi connectivity index (χ2n) is 10.7. The van der Waals surface area contributed by atoms with Crippen LogP contribution in [0.3, 0.4) is 0 Å². The summed E-state index contributed by atoms with van der Waals surface area (Å²) < 4.78 is 42.2. The zero-order chi connectivity index (χ0) is 31.0. The summed E-state index contributed by atoms with van der Waals surface area (Å²) in [5, 5.41) is 4.78. The summed E-state index contributed by atoms with van der Waals surface area (Å²) in [5.41, 5.74) is 5.07. The standard InChI is InChI=1S/C34H27FN4O3S3/c35-24-12-16-26(17-13-24)45(41,42)38-25-14-10-23(11-15-25)32(40)37-34-31(33-36-28-8-4-5-9-29(28)43-33)27-18-19-39(21-30(27)44-34)20-22-6-2-1-3-7-22/h1-17,38H,18-21H2,(H,37,40). The Kier molecular flexibility index (Phi) is 7.92. The first-order valence-corrected chi connectivity index (χ1v) is 17.4. The second-order valence-corrected chi connectivity index (χ2v) is 14.6. The van der Waals surface area contributed by atoms with E-state index >= 15 is 0 Å². The Morgan fingerprint density at radius 3 is 2.38 bits per heavy atom. The summed E-state index contributed by atoms with van der Waals surface area (Å²) in [6.45, 7) is 2.54. The Morgan fingerprint density at radius 2 is 1.62 bits per heavy atom. The van der Waals surface area contributed by atoms with Crippen LogP contribution in [0, 0.1) is 5.82 Å². The van der Waals surface area contributed by atoms with Crippen LogP contribution in [0.15, 0.2) is 108 Å². The molecule has 45 heavy (non-hydrogen) atoms. The van der Waals surface area contributed by atoms with Crippen LogP contribution < -0.4 is 10.0 Å². The summed E-state index contributed by atoms with van der Waals surface area (Å²) in [6.07, 6.45) is 0.850. The number of carbonyl (C=O) groups is 1. The number of thiazole rings is 1. The highest BCUT2D eigenvalue weighted by atomic mass is 32.2. The lowest BCUT2D eigenvalue weighted by molar-refractivity contribution is 0.102. The third-order valence-corrected chi connectivity index (χ3v) is 11.2. The molecule has 1 aliphatic heterocycles. The Hall–Kier alpha value is -4.42. The molecule has 2 N–H and O–H groups in total. The molecule has 0 spiro atoms. The molecule has 3 heterocycles. The molecule has 4 aromatic carbocycles. The van der Waals surface area contributed by atoms with Crippen molar-refractivity contribution in [3.8, 4) is 10.6 Å². The van der Waals surface area contributed by atoms with Gasteiger partial charge in [0, 0.05) is 41.3 Å². The first-order valence-electron chi connectivity index (χ1n) is 14.3. The van der Waals surface area contributed by atoms with Crippen molar-refractivity contribution in [3.63, 3.8) is 0 Å². The van der Waals surface area contributed by atoms with Crippen molar-refractivity contribution in [1.29, 1.82) is 0 Å². The number of fused-ring (bicyclic) bond motifs is 2. The Labute approximate surface area is 268 Å². The van der Waals surface area contributed by atoms with Gasteiger partial charge in [0.15, 0.2) is 0 Å². The van der Waals surface area contributed by atoms with Crippen LogP contribution in [0.1, 0.15) is 26.4 Å². The van der Waals surface area contributed by atoms with E-state index in [2.05, 4.69) is 45.3 Å². The fraction of sp³-hybridized carbons (Fsp3) is 0.118. The van der Waals surface area contributed by atoms with Crippen molar-refractivity contribution >= 4 is 59.5 Å². The lowest BCUT2D eigenvalue weighted by Crippen LogP contribution is -2.29. The molecule has 11 heteroatoms. The maximum atomic E-state index is 13.5. The number of sulfonamides is 1. The summed E-state index contributed by atoms with van der Waals surface area (Å²) >= 11 is 3.21. The van der Waals surface area contributed by atoms with Crippen LogP contribution in [0.4, 0.5) is 15.1 Å². The number of hydrogen-bond donors (Lipinski definition) is 2. The van der Waals surface area contributed by atoms with Crippen LogP contribution in [-0.2, 0) is 29.5 Å². The number of benzene rings is 4. The number of carbonyl (C=O) groups excluding carboxylic acids is 1. The molecule has 6 aromatic rings. The lowest BCUT2D eigenvalue weighted by Gasteiger charge is -2.27. The molecular formula is C34H27FN4O3S3. The molecule has 0 saturated carbocycles. The molecule has 0 fully saturated rings. The van der Waals surface area contributed by atoms with E-state index < -0.39 is 15.8 Å². The summed E-state index contributed by atoms with van der Waals surface area (Å²) in [4.78, 5) is 22.1. The predicted octanol–water partition coefficient (Wildman–Crippen LogP) is 7.78. The highest BCUT2D eigenvalue weighted by Crippen LogP contribution is 2.46. The monoisotopic (exact) mass is 654 g/mol. The average Bonchev–Trinajstić information content (AvgIpc) is 3.62. The zero-order valence-electron chi connectivity index (χ0n) is 23.9. The highest BCUT2D eigenvalue weighted by Gasteiger charge is 2.28. The van der Waals surface area contributed by atoms with Crippen molar-refractivity contribution in [2.45, 2.75) is 24.4 Å². The quantitative estimate of drug-likeness (QED) is 0.175. The van der Waals surface area contributed by atoms with Gasteiger partial charge in [-0.2, -0.15) is 0 Å². The van der Waals surface area contributed by atoms with Crippen molar-refractivity contribution in [2.75, 3.05) is 16.6 Å². The molecule has 1 aliphatic rings. The van der Waals surface area contributed by atoms with E-state index in [1.807, 2.05) is 24.3 Å². The largest absolute Gasteiger partial charge is 0.313 e. The minimum Gasteiger partial charge on any atom is -0.313 e. The van der Waals surface area contributed by atoms with Gasteiger partial charge in [-0.25, -0.2) is 17.8 Å². The van der Waals surface area contributed by atoms with Gasteiger partial charge in [-0.1, -0.05) is 42.5 Å². The number of rotatable bonds is 8. The van der Waals surface area contributed by atoms with Crippen molar-refractivity contribution in [1.82, 2.24) is 9.88 Å². The van der Waals surface area contributed by atoms with E-state index in [0.29, 0.717) is 5.56 Å². The van der Waals surface area contributed by atoms with Crippen molar-refractivity contribution in [3.05, 3.63) is 131 Å². The third kappa shape index (κ3) is 6.25. The van der Waals surface area contributed by atoms with Gasteiger partial charge in [0.1, 0.15) is 15.8 Å². The van der Waals surface area contributed by atoms with E-state index in [4.69, 9.17) is 4.98 Å². The third-order valence-electron chi connectivity index (χ3n) is 7.64. The van der Waals surface area contributed by atoms with Crippen LogP contribution >= 0.6 is 22.7 Å². The van der Waals surface area contributed by atoms with Crippen LogP contribution in [0.2, 0.25) is 0 Å². The number of nitrogens with one attached hydrogen (secondary N) is 2. The minimum atomic E-state index is -3.91. The van der Waals surface area contributed by atoms with Gasteiger partial charge in [0.25, 0.3) is 15.9 Å². The number of halogens is 1. The van der Waals surface area contributed by atoms with Crippen molar-refractivity contribution < 1.29 is 17.6 Å². The molecule has 7 rings (SSSR count). The summed E-state index contributed by atoms with van der Waals surface area (Å²) in [6, 6.07) is 29.2. The second kappa shape index (κ2) is 12.2. The Morgan fingerprint density at radius 1 is 0.889 bits per heavy atom. The highest BCUT2D eigenvalue weighted by molar-refractivity contribution is 7.92. The summed E-state index contributed by atoms with van der Waals surface area (Å²) in [5.74, 6) is -0.822. The normalized spacial score (nSPS) is 13.4. The fourth-order valence-corrected chi connectivity index (χ4v) is 8.87. The number of para-hydroxylation sites is 1. The number of thiophene rings is 1. The Bertz CT molecular complexity index is 2080. The van der Waals surface area contributed by atoms with Crippen LogP contribution in [-0.4, -0.2) is 30.8 Å². The SMILES string of the molecule is O=C(Nc1sc2c(c1-c1nc3ccccc3s1)CCN(Cc1ccccc1)C2)c1ccc(NS(=O)(=O)c2ccc(F)cc2)cc1. The average molecular weight is 655 g/mol. The van der Waals surface area contributed by atoms with E-state index in [0.717, 1.165) is 64.0 Å². The molecule has 0 atom stereocenters. The molecule has 0 saturated heterocycles. The smallest absolute Gasteiger partial charge is 0.261 e. The molecule has 0 radical (unpaired) electrons. The van der Waals surface area contributed by atoms with E-state index in [-0.39, 0.29) is 16.5 Å². The minimum absolute atomic E-state index is 0.0582. The first kappa shape index (κ1) is 29.3. The van der Waals surface area contributed by atoms with E-state index in [9.17, 15) is 17.6 Å². The lowest BCUT2D eigenvalue weighted by atomic mass is 10.0. The van der Waals surface area contributed by atoms with Crippen LogP contribution in [0.25, 0.3) is 20.8 Å². The molecule has 1 amide bonds. The maximum Gasteiger partial charge on any atom is 0.261 e. The molecule has 0 bridgehead atoms. The molecule has 0 aliphatic carbocycles. The van der Waals surface area contributed by atoms with Crippen molar-refractivity contribution in [2.24, 2.45) is 0 Å². The molecule has 2 aromatic heterocycles. The molecular weight excluding hydrogens is 628 g/mol. The predicted molar refractivity (Wildman–Crippen MR) is 179 cm³/mol. The number of anilines is 2. The molecule has 226 valence electrons. The van der Waals surface area contributed by atoms with E-state index in [1.165, 1.54) is 40.3 Å².